The molecule has 0 radical (unpaired) electrons. The molecule has 1 atom stereocenters. The summed E-state index contributed by atoms with van der Waals surface area (Å²) in [6, 6.07) is 3.51. The molecule has 1 amide bonds. The predicted octanol–water partition coefficient (Wildman–Crippen LogP) is 2.25. The van der Waals surface area contributed by atoms with Gasteiger partial charge in [0.1, 0.15) is 0 Å². The molecule has 25 heavy (non-hydrogen) atoms. The third kappa shape index (κ3) is 3.76. The van der Waals surface area contributed by atoms with Gasteiger partial charge in [-0.2, -0.15) is 13.2 Å². The molecular weight excluding hydrogens is 337 g/mol. The Morgan fingerprint density at radius 1 is 1.36 bits per heavy atom. The molecule has 0 aliphatic carbocycles. The monoisotopic (exact) mass is 352 g/mol. The number of pyridine rings is 1. The highest BCUT2D eigenvalue weighted by Gasteiger charge is 2.44. The molecule has 3 heterocycles. The normalized spacial score (nSPS) is 18.2. The highest BCUT2D eigenvalue weighted by Crippen LogP contribution is 2.26. The van der Waals surface area contributed by atoms with Crippen LogP contribution in [0.1, 0.15) is 16.1 Å². The number of morpholine rings is 1. The molecule has 0 unspecified atom stereocenters. The zero-order chi connectivity index (χ0) is 18.0. The Bertz CT molecular complexity index is 768. The topological polar surface area (TPSA) is 68.2 Å². The molecule has 9 heteroatoms. The van der Waals surface area contributed by atoms with Gasteiger partial charge in [-0.15, -0.1) is 0 Å². The van der Waals surface area contributed by atoms with Gasteiger partial charge in [-0.3, -0.25) is 9.78 Å². The van der Waals surface area contributed by atoms with E-state index in [2.05, 4.69) is 15.0 Å². The Labute approximate surface area is 141 Å². The Kier molecular flexibility index (Phi) is 4.67. The largest absolute Gasteiger partial charge is 0.416 e. The van der Waals surface area contributed by atoms with E-state index in [4.69, 9.17) is 4.74 Å². The quantitative estimate of drug-likeness (QED) is 0.829. The van der Waals surface area contributed by atoms with Crippen molar-refractivity contribution in [3.8, 4) is 11.4 Å². The number of aromatic nitrogens is 3. The van der Waals surface area contributed by atoms with Gasteiger partial charge >= 0.3 is 6.18 Å². The van der Waals surface area contributed by atoms with E-state index in [-0.39, 0.29) is 18.7 Å². The molecule has 6 nitrogen and oxygen atoms in total. The van der Waals surface area contributed by atoms with Crippen LogP contribution in [0.15, 0.2) is 30.7 Å². The molecule has 0 aromatic carbocycles. The molecule has 132 valence electrons. The maximum atomic E-state index is 12.8. The van der Waals surface area contributed by atoms with E-state index < -0.39 is 24.7 Å². The fourth-order valence-electron chi connectivity index (χ4n) is 2.51. The average molecular weight is 352 g/mol. The van der Waals surface area contributed by atoms with E-state index in [1.165, 1.54) is 6.20 Å². The van der Waals surface area contributed by atoms with Gasteiger partial charge in [0.05, 0.1) is 24.4 Å². The fourth-order valence-corrected chi connectivity index (χ4v) is 2.51. The molecule has 3 rings (SSSR count). The number of hydrogen-bond acceptors (Lipinski definition) is 5. The molecule has 0 spiro atoms. The molecule has 2 aromatic rings. The molecule has 1 aliphatic rings. The zero-order valence-electron chi connectivity index (χ0n) is 13.3. The number of carbonyl (C=O) groups is 1. The number of ether oxygens (including phenoxy) is 1. The number of aryl methyl sites for hydroxylation is 1. The second-order valence-corrected chi connectivity index (χ2v) is 5.59. The second-order valence-electron chi connectivity index (χ2n) is 5.59. The summed E-state index contributed by atoms with van der Waals surface area (Å²) >= 11 is 0. The smallest absolute Gasteiger partial charge is 0.365 e. The van der Waals surface area contributed by atoms with Crippen molar-refractivity contribution >= 4 is 5.91 Å². The van der Waals surface area contributed by atoms with Crippen LogP contribution in [0, 0.1) is 6.92 Å². The first kappa shape index (κ1) is 17.3. The average Bonchev–Trinajstić information content (AvgIpc) is 2.61. The summed E-state index contributed by atoms with van der Waals surface area (Å²) in [7, 11) is 0. The SMILES string of the molecule is Cc1nc(-c2cccnc2)ncc1C(=O)N1CCO[C@@H](C(F)(F)F)C1. The van der Waals surface area contributed by atoms with Gasteiger partial charge in [-0.05, 0) is 19.1 Å². The van der Waals surface area contributed by atoms with Crippen LogP contribution in [-0.2, 0) is 4.74 Å². The van der Waals surface area contributed by atoms with Gasteiger partial charge in [-0.25, -0.2) is 9.97 Å². The standard InChI is InChI=1S/C16H15F3N4O2/c1-10-12(8-21-14(22-10)11-3-2-4-20-7-11)15(24)23-5-6-25-13(9-23)16(17,18)19/h2-4,7-8,13H,5-6,9H2,1H3/t13-/m1/s1. The molecule has 2 aromatic heterocycles. The first-order chi connectivity index (χ1) is 11.9. The summed E-state index contributed by atoms with van der Waals surface area (Å²) in [4.78, 5) is 26.1. The first-order valence-corrected chi connectivity index (χ1v) is 7.58. The van der Waals surface area contributed by atoms with Crippen molar-refractivity contribution in [3.05, 3.63) is 42.0 Å². The van der Waals surface area contributed by atoms with E-state index in [0.29, 0.717) is 17.1 Å². The number of amides is 1. The predicted molar refractivity (Wildman–Crippen MR) is 81.7 cm³/mol. The fraction of sp³-hybridized carbons (Fsp3) is 0.375. The maximum absolute atomic E-state index is 12.8. The van der Waals surface area contributed by atoms with Gasteiger partial charge in [0.2, 0.25) is 0 Å². The molecule has 1 aliphatic heterocycles. The third-order valence-electron chi connectivity index (χ3n) is 3.85. The van der Waals surface area contributed by atoms with Crippen LogP contribution in [0.25, 0.3) is 11.4 Å². The van der Waals surface area contributed by atoms with Crippen LogP contribution in [0.4, 0.5) is 13.2 Å². The number of carbonyl (C=O) groups excluding carboxylic acids is 1. The minimum atomic E-state index is -4.51. The number of nitrogens with zero attached hydrogens (tertiary/aromatic N) is 4. The van der Waals surface area contributed by atoms with Crippen LogP contribution < -0.4 is 0 Å². The number of rotatable bonds is 2. The van der Waals surface area contributed by atoms with E-state index in [9.17, 15) is 18.0 Å². The lowest BCUT2D eigenvalue weighted by molar-refractivity contribution is -0.233. The minimum Gasteiger partial charge on any atom is -0.365 e. The third-order valence-corrected chi connectivity index (χ3v) is 3.85. The molecular formula is C16H15F3N4O2. The Morgan fingerprint density at radius 3 is 2.80 bits per heavy atom. The van der Waals surface area contributed by atoms with E-state index in [0.717, 1.165) is 4.90 Å². The Hall–Kier alpha value is -2.55. The van der Waals surface area contributed by atoms with E-state index >= 15 is 0 Å². The van der Waals surface area contributed by atoms with Crippen molar-refractivity contribution in [3.63, 3.8) is 0 Å². The van der Waals surface area contributed by atoms with Crippen molar-refractivity contribution in [1.82, 2.24) is 19.9 Å². The summed E-state index contributed by atoms with van der Waals surface area (Å²) in [6.45, 7) is 1.02. The lowest BCUT2D eigenvalue weighted by Gasteiger charge is -2.33. The van der Waals surface area contributed by atoms with E-state index in [1.807, 2.05) is 0 Å². The summed E-state index contributed by atoms with van der Waals surface area (Å²) in [5.41, 5.74) is 1.26. The van der Waals surface area contributed by atoms with Gasteiger partial charge in [0.25, 0.3) is 5.91 Å². The molecule has 0 N–H and O–H groups in total. The lowest BCUT2D eigenvalue weighted by Crippen LogP contribution is -2.51. The summed E-state index contributed by atoms with van der Waals surface area (Å²) in [5, 5.41) is 0. The molecule has 0 saturated carbocycles. The van der Waals surface area contributed by atoms with Crippen molar-refractivity contribution < 1.29 is 22.7 Å². The van der Waals surface area contributed by atoms with Crippen molar-refractivity contribution in [2.45, 2.75) is 19.2 Å². The van der Waals surface area contributed by atoms with Gasteiger partial charge in [0.15, 0.2) is 11.9 Å². The second kappa shape index (κ2) is 6.75. The lowest BCUT2D eigenvalue weighted by atomic mass is 10.1. The van der Waals surface area contributed by atoms with Crippen LogP contribution in [0.3, 0.4) is 0 Å². The van der Waals surface area contributed by atoms with Gasteiger partial charge in [-0.1, -0.05) is 0 Å². The van der Waals surface area contributed by atoms with Crippen LogP contribution >= 0.6 is 0 Å². The Morgan fingerprint density at radius 2 is 2.16 bits per heavy atom. The van der Waals surface area contributed by atoms with Gasteiger partial charge in [0, 0.05) is 30.7 Å². The highest BCUT2D eigenvalue weighted by atomic mass is 19.4. The minimum absolute atomic E-state index is 0.0925. The first-order valence-electron chi connectivity index (χ1n) is 7.58. The van der Waals surface area contributed by atoms with Crippen molar-refractivity contribution in [1.29, 1.82) is 0 Å². The van der Waals surface area contributed by atoms with Crippen molar-refractivity contribution in [2.75, 3.05) is 19.7 Å². The van der Waals surface area contributed by atoms with Crippen LogP contribution in [0.2, 0.25) is 0 Å². The maximum Gasteiger partial charge on any atom is 0.416 e. The number of alkyl halides is 3. The summed E-state index contributed by atoms with van der Waals surface area (Å²) < 4.78 is 43.1. The Balaban J connectivity index is 1.81. The van der Waals surface area contributed by atoms with Gasteiger partial charge < -0.3 is 9.64 Å². The number of halogens is 3. The summed E-state index contributed by atoms with van der Waals surface area (Å²) in [5.74, 6) is -0.134. The zero-order valence-corrected chi connectivity index (χ0v) is 13.3. The molecule has 1 fully saturated rings. The van der Waals surface area contributed by atoms with Crippen LogP contribution in [-0.4, -0.2) is 57.7 Å². The summed E-state index contributed by atoms with van der Waals surface area (Å²) in [6.07, 6.45) is -1.93. The molecule has 1 saturated heterocycles. The highest BCUT2D eigenvalue weighted by molar-refractivity contribution is 5.95. The van der Waals surface area contributed by atoms with Crippen molar-refractivity contribution in [2.24, 2.45) is 0 Å². The number of hydrogen-bond donors (Lipinski definition) is 0. The van der Waals surface area contributed by atoms with E-state index in [1.54, 1.807) is 31.5 Å². The van der Waals surface area contributed by atoms with Crippen LogP contribution in [0.5, 0.6) is 0 Å². The molecule has 0 bridgehead atoms.